The average molecular weight is 148 g/mol. The number of aromatic amines is 1. The van der Waals surface area contributed by atoms with Gasteiger partial charge in [-0.05, 0) is 12.1 Å². The van der Waals surface area contributed by atoms with E-state index in [0.29, 0.717) is 0 Å². The maximum atomic E-state index is 3.95. The van der Waals surface area contributed by atoms with E-state index in [0.717, 1.165) is 5.52 Å². The lowest BCUT2D eigenvalue weighted by Crippen LogP contribution is -1.68. The van der Waals surface area contributed by atoms with Crippen molar-refractivity contribution in [3.63, 3.8) is 0 Å². The second kappa shape index (κ2) is 3.76. The Morgan fingerprint density at radius 1 is 1.27 bits per heavy atom. The topological polar surface area (TPSA) is 28.7 Å². The van der Waals surface area contributed by atoms with Gasteiger partial charge in [-0.3, -0.25) is 4.98 Å². The van der Waals surface area contributed by atoms with E-state index < -0.39 is 0 Å². The largest absolute Gasteiger partial charge is 0.360 e. The molecular weight excluding hydrogens is 136 g/mol. The molecule has 0 spiro atoms. The number of fused-ring (bicyclic) bond motifs is 1. The summed E-state index contributed by atoms with van der Waals surface area (Å²) >= 11 is 0. The van der Waals surface area contributed by atoms with Gasteiger partial charge in [-0.1, -0.05) is 13.8 Å². The van der Waals surface area contributed by atoms with Crippen molar-refractivity contribution >= 4 is 10.9 Å². The van der Waals surface area contributed by atoms with Crippen molar-refractivity contribution in [2.75, 3.05) is 0 Å². The van der Waals surface area contributed by atoms with Crippen LogP contribution in [0.25, 0.3) is 10.9 Å². The van der Waals surface area contributed by atoms with Gasteiger partial charge >= 0.3 is 0 Å². The molecule has 2 heteroatoms. The van der Waals surface area contributed by atoms with Crippen LogP contribution in [0.4, 0.5) is 0 Å². The minimum Gasteiger partial charge on any atom is -0.360 e. The maximum absolute atomic E-state index is 3.95. The van der Waals surface area contributed by atoms with Crippen molar-refractivity contribution in [2.45, 2.75) is 13.8 Å². The van der Waals surface area contributed by atoms with Gasteiger partial charge in [-0.2, -0.15) is 0 Å². The predicted octanol–water partition coefficient (Wildman–Crippen LogP) is 2.59. The van der Waals surface area contributed by atoms with Crippen LogP contribution in [0.2, 0.25) is 0 Å². The highest BCUT2D eigenvalue weighted by Gasteiger charge is 1.87. The maximum Gasteiger partial charge on any atom is 0.0640 e. The SMILES string of the molecule is CC.c1cc2cc[nH]c2cn1. The number of hydrogen-bond acceptors (Lipinski definition) is 1. The summed E-state index contributed by atoms with van der Waals surface area (Å²) in [5.41, 5.74) is 1.09. The first kappa shape index (κ1) is 7.79. The van der Waals surface area contributed by atoms with Crippen LogP contribution in [0.5, 0.6) is 0 Å². The molecule has 0 aliphatic heterocycles. The summed E-state index contributed by atoms with van der Waals surface area (Å²) in [5, 5.41) is 1.21. The van der Waals surface area contributed by atoms with E-state index in [4.69, 9.17) is 0 Å². The fraction of sp³-hybridized carbons (Fsp3) is 0.222. The predicted molar refractivity (Wildman–Crippen MR) is 47.4 cm³/mol. The van der Waals surface area contributed by atoms with Gasteiger partial charge in [-0.25, -0.2) is 0 Å². The van der Waals surface area contributed by atoms with E-state index in [-0.39, 0.29) is 0 Å². The molecule has 0 bridgehead atoms. The van der Waals surface area contributed by atoms with Gasteiger partial charge in [0, 0.05) is 17.8 Å². The number of nitrogens with one attached hydrogen (secondary N) is 1. The molecule has 0 fully saturated rings. The summed E-state index contributed by atoms with van der Waals surface area (Å²) in [7, 11) is 0. The van der Waals surface area contributed by atoms with Gasteiger partial charge in [-0.15, -0.1) is 0 Å². The van der Waals surface area contributed by atoms with E-state index in [1.54, 1.807) is 6.20 Å². The van der Waals surface area contributed by atoms with Gasteiger partial charge in [0.15, 0.2) is 0 Å². The molecule has 0 saturated carbocycles. The lowest BCUT2D eigenvalue weighted by atomic mass is 10.3. The van der Waals surface area contributed by atoms with Crippen LogP contribution in [0.15, 0.2) is 30.7 Å². The molecule has 2 aromatic rings. The summed E-state index contributed by atoms with van der Waals surface area (Å²) < 4.78 is 0. The van der Waals surface area contributed by atoms with Crippen LogP contribution in [0.3, 0.4) is 0 Å². The van der Waals surface area contributed by atoms with Gasteiger partial charge in [0.05, 0.1) is 11.7 Å². The van der Waals surface area contributed by atoms with Crippen molar-refractivity contribution in [2.24, 2.45) is 0 Å². The zero-order valence-corrected chi connectivity index (χ0v) is 6.83. The van der Waals surface area contributed by atoms with Gasteiger partial charge in [0.1, 0.15) is 0 Å². The second-order valence-corrected chi connectivity index (χ2v) is 1.94. The Morgan fingerprint density at radius 3 is 2.82 bits per heavy atom. The molecule has 2 rings (SSSR count). The molecule has 0 aliphatic carbocycles. The monoisotopic (exact) mass is 148 g/mol. The molecule has 0 atom stereocenters. The van der Waals surface area contributed by atoms with Crippen LogP contribution in [-0.4, -0.2) is 9.97 Å². The number of rotatable bonds is 0. The molecule has 2 heterocycles. The highest BCUT2D eigenvalue weighted by atomic mass is 14.7. The molecular formula is C9H12N2. The lowest BCUT2D eigenvalue weighted by molar-refractivity contribution is 1.34. The van der Waals surface area contributed by atoms with E-state index in [9.17, 15) is 0 Å². The first-order valence-electron chi connectivity index (χ1n) is 3.84. The number of H-pyrrole nitrogens is 1. The number of pyridine rings is 1. The van der Waals surface area contributed by atoms with Crippen molar-refractivity contribution in [3.8, 4) is 0 Å². The van der Waals surface area contributed by atoms with E-state index >= 15 is 0 Å². The minimum absolute atomic E-state index is 1.09. The van der Waals surface area contributed by atoms with E-state index in [2.05, 4.69) is 9.97 Å². The molecule has 2 nitrogen and oxygen atoms in total. The molecule has 58 valence electrons. The summed E-state index contributed by atoms with van der Waals surface area (Å²) in [6.45, 7) is 4.00. The molecule has 0 radical (unpaired) electrons. The molecule has 1 N–H and O–H groups in total. The fourth-order valence-corrected chi connectivity index (χ4v) is 0.892. The fourth-order valence-electron chi connectivity index (χ4n) is 0.892. The highest BCUT2D eigenvalue weighted by Crippen LogP contribution is 2.07. The lowest BCUT2D eigenvalue weighted by Gasteiger charge is -1.82. The zero-order valence-electron chi connectivity index (χ0n) is 6.83. The van der Waals surface area contributed by atoms with Crippen LogP contribution in [-0.2, 0) is 0 Å². The van der Waals surface area contributed by atoms with E-state index in [1.807, 2.05) is 38.4 Å². The number of aromatic nitrogens is 2. The Bertz CT molecular complexity index is 282. The average Bonchev–Trinajstić information content (AvgIpc) is 2.55. The Hall–Kier alpha value is -1.31. The van der Waals surface area contributed by atoms with Crippen LogP contribution in [0.1, 0.15) is 13.8 Å². The first-order chi connectivity index (χ1) is 5.47. The van der Waals surface area contributed by atoms with Crippen LogP contribution in [0, 0.1) is 0 Å². The Kier molecular flexibility index (Phi) is 2.66. The molecule has 0 aromatic carbocycles. The third-order valence-electron chi connectivity index (χ3n) is 1.36. The molecule has 0 aliphatic rings. The smallest absolute Gasteiger partial charge is 0.0640 e. The summed E-state index contributed by atoms with van der Waals surface area (Å²) in [6, 6.07) is 4.00. The normalized spacial score (nSPS) is 8.91. The quantitative estimate of drug-likeness (QED) is 0.611. The van der Waals surface area contributed by atoms with Crippen molar-refractivity contribution in [1.82, 2.24) is 9.97 Å². The van der Waals surface area contributed by atoms with Crippen molar-refractivity contribution in [3.05, 3.63) is 30.7 Å². The van der Waals surface area contributed by atoms with Gasteiger partial charge in [0.25, 0.3) is 0 Å². The molecule has 0 unspecified atom stereocenters. The van der Waals surface area contributed by atoms with Crippen LogP contribution >= 0.6 is 0 Å². The number of nitrogens with zero attached hydrogens (tertiary/aromatic N) is 1. The first-order valence-corrected chi connectivity index (χ1v) is 3.84. The second-order valence-electron chi connectivity index (χ2n) is 1.94. The number of hydrogen-bond donors (Lipinski definition) is 1. The summed E-state index contributed by atoms with van der Waals surface area (Å²) in [4.78, 5) is 7.01. The van der Waals surface area contributed by atoms with Gasteiger partial charge in [0.2, 0.25) is 0 Å². The highest BCUT2D eigenvalue weighted by molar-refractivity contribution is 5.77. The Morgan fingerprint density at radius 2 is 2.09 bits per heavy atom. The van der Waals surface area contributed by atoms with E-state index in [1.165, 1.54) is 5.39 Å². The molecule has 0 saturated heterocycles. The molecule has 0 amide bonds. The third-order valence-corrected chi connectivity index (χ3v) is 1.36. The minimum atomic E-state index is 1.09. The van der Waals surface area contributed by atoms with Crippen molar-refractivity contribution < 1.29 is 0 Å². The standard InChI is InChI=1S/C7H6N2.C2H6/c1-3-8-5-7-6(1)2-4-9-7;1-2/h1-5,9H;1-2H3. The van der Waals surface area contributed by atoms with Gasteiger partial charge < -0.3 is 4.98 Å². The molecule has 11 heavy (non-hydrogen) atoms. The zero-order chi connectivity index (χ0) is 8.10. The van der Waals surface area contributed by atoms with Crippen molar-refractivity contribution in [1.29, 1.82) is 0 Å². The Balaban J connectivity index is 0.000000281. The molecule has 2 aromatic heterocycles. The Labute approximate surface area is 66.3 Å². The summed E-state index contributed by atoms with van der Waals surface area (Å²) in [6.07, 6.45) is 5.51. The third kappa shape index (κ3) is 1.58. The summed E-state index contributed by atoms with van der Waals surface area (Å²) in [5.74, 6) is 0. The van der Waals surface area contributed by atoms with Crippen LogP contribution < -0.4 is 0 Å².